The van der Waals surface area contributed by atoms with Crippen molar-refractivity contribution in [1.29, 1.82) is 0 Å². The van der Waals surface area contributed by atoms with Crippen LogP contribution in [0, 0.1) is 0 Å². The van der Waals surface area contributed by atoms with Crippen molar-refractivity contribution in [3.05, 3.63) is 24.3 Å². The number of carbonyl (C=O) groups is 1. The van der Waals surface area contributed by atoms with Gasteiger partial charge in [-0.05, 0) is 18.9 Å². The Morgan fingerprint density at radius 1 is 1.35 bits per heavy atom. The van der Waals surface area contributed by atoms with E-state index in [2.05, 4.69) is 20.4 Å². The van der Waals surface area contributed by atoms with Gasteiger partial charge in [-0.25, -0.2) is 13.8 Å². The normalized spacial score (nSPS) is 19.1. The van der Waals surface area contributed by atoms with Gasteiger partial charge >= 0.3 is 0 Å². The molecular formula is C12H13F2N5O. The van der Waals surface area contributed by atoms with Gasteiger partial charge in [0.1, 0.15) is 12.0 Å². The van der Waals surface area contributed by atoms with Crippen LogP contribution in [-0.2, 0) is 0 Å². The van der Waals surface area contributed by atoms with Crippen LogP contribution in [0.1, 0.15) is 36.2 Å². The molecule has 2 heterocycles. The molecule has 1 N–H and O–H groups in total. The molecule has 0 aromatic carbocycles. The lowest BCUT2D eigenvalue weighted by Gasteiger charge is -2.28. The summed E-state index contributed by atoms with van der Waals surface area (Å²) in [5.41, 5.74) is 0.296. The van der Waals surface area contributed by atoms with Crippen molar-refractivity contribution in [2.24, 2.45) is 0 Å². The van der Waals surface area contributed by atoms with Crippen molar-refractivity contribution in [2.75, 3.05) is 0 Å². The molecule has 1 aliphatic carbocycles. The Morgan fingerprint density at radius 3 is 2.85 bits per heavy atom. The highest BCUT2D eigenvalue weighted by Crippen LogP contribution is 2.33. The summed E-state index contributed by atoms with van der Waals surface area (Å²) in [7, 11) is 0. The molecular weight excluding hydrogens is 268 g/mol. The number of hydrogen-bond acceptors (Lipinski definition) is 4. The molecule has 0 saturated heterocycles. The summed E-state index contributed by atoms with van der Waals surface area (Å²) < 4.78 is 27.4. The van der Waals surface area contributed by atoms with Gasteiger partial charge in [0.15, 0.2) is 0 Å². The second-order valence-electron chi connectivity index (χ2n) is 4.91. The molecule has 0 atom stereocenters. The maximum absolute atomic E-state index is 13.1. The summed E-state index contributed by atoms with van der Waals surface area (Å²) in [6, 6.07) is 1.29. The van der Waals surface area contributed by atoms with E-state index in [1.165, 1.54) is 23.1 Å². The Labute approximate surface area is 113 Å². The number of amides is 1. The largest absolute Gasteiger partial charge is 0.348 e. The first-order valence-corrected chi connectivity index (χ1v) is 6.39. The predicted molar refractivity (Wildman–Crippen MR) is 65.5 cm³/mol. The maximum atomic E-state index is 13.1. The number of rotatable bonds is 2. The number of aromatic nitrogens is 4. The highest BCUT2D eigenvalue weighted by molar-refractivity contribution is 5.93. The SMILES string of the molecule is O=C(NC1CCC(F)(F)CC1)c1ccnc2ncnn12. The van der Waals surface area contributed by atoms with Crippen molar-refractivity contribution in [2.45, 2.75) is 37.6 Å². The molecule has 8 heteroatoms. The Morgan fingerprint density at radius 2 is 2.10 bits per heavy atom. The molecule has 0 bridgehead atoms. The molecule has 2 aromatic heterocycles. The molecule has 2 aromatic rings. The lowest BCUT2D eigenvalue weighted by Crippen LogP contribution is -2.40. The van der Waals surface area contributed by atoms with Crippen molar-refractivity contribution >= 4 is 11.7 Å². The van der Waals surface area contributed by atoms with Gasteiger partial charge in [0, 0.05) is 25.1 Å². The smallest absolute Gasteiger partial charge is 0.270 e. The number of halogens is 2. The third kappa shape index (κ3) is 2.45. The van der Waals surface area contributed by atoms with Crippen LogP contribution in [0.4, 0.5) is 8.78 Å². The standard InChI is InChI=1S/C12H13F2N5O/c13-12(14)4-1-8(2-5-12)18-10(20)9-3-6-15-11-16-7-17-19(9)11/h3,6-8H,1-2,4-5H2,(H,18,20). The quantitative estimate of drug-likeness (QED) is 0.904. The van der Waals surface area contributed by atoms with Gasteiger partial charge < -0.3 is 5.32 Å². The fraction of sp³-hybridized carbons (Fsp3) is 0.500. The van der Waals surface area contributed by atoms with Crippen LogP contribution in [-0.4, -0.2) is 37.5 Å². The van der Waals surface area contributed by atoms with E-state index in [1.807, 2.05) is 0 Å². The minimum absolute atomic E-state index is 0.187. The minimum atomic E-state index is -2.60. The topological polar surface area (TPSA) is 72.2 Å². The Bertz CT molecular complexity index is 632. The molecule has 1 aliphatic rings. The highest BCUT2D eigenvalue weighted by atomic mass is 19.3. The van der Waals surface area contributed by atoms with E-state index in [1.54, 1.807) is 0 Å². The van der Waals surface area contributed by atoms with Gasteiger partial charge in [-0.2, -0.15) is 14.6 Å². The molecule has 3 rings (SSSR count). The molecule has 0 spiro atoms. The zero-order chi connectivity index (χ0) is 14.2. The van der Waals surface area contributed by atoms with Crippen molar-refractivity contribution in [3.63, 3.8) is 0 Å². The van der Waals surface area contributed by atoms with Gasteiger partial charge in [0.25, 0.3) is 11.7 Å². The molecule has 1 amide bonds. The van der Waals surface area contributed by atoms with Crippen LogP contribution in [0.25, 0.3) is 5.78 Å². The third-order valence-corrected chi connectivity index (χ3v) is 3.47. The maximum Gasteiger partial charge on any atom is 0.270 e. The van der Waals surface area contributed by atoms with Gasteiger partial charge in [-0.15, -0.1) is 0 Å². The summed E-state index contributed by atoms with van der Waals surface area (Å²) in [4.78, 5) is 20.0. The summed E-state index contributed by atoms with van der Waals surface area (Å²) in [6.45, 7) is 0. The molecule has 20 heavy (non-hydrogen) atoms. The summed E-state index contributed by atoms with van der Waals surface area (Å²) in [5, 5.41) is 6.68. The average Bonchev–Trinajstić information content (AvgIpc) is 2.89. The van der Waals surface area contributed by atoms with E-state index in [9.17, 15) is 13.6 Å². The molecule has 6 nitrogen and oxygen atoms in total. The number of carbonyl (C=O) groups excluding carboxylic acids is 1. The van der Waals surface area contributed by atoms with Crippen LogP contribution in [0.15, 0.2) is 18.6 Å². The molecule has 1 fully saturated rings. The first-order valence-electron chi connectivity index (χ1n) is 6.39. The fourth-order valence-electron chi connectivity index (χ4n) is 2.35. The average molecular weight is 281 g/mol. The van der Waals surface area contributed by atoms with E-state index in [-0.39, 0.29) is 37.6 Å². The Balaban J connectivity index is 1.72. The van der Waals surface area contributed by atoms with E-state index < -0.39 is 5.92 Å². The lowest BCUT2D eigenvalue weighted by atomic mass is 9.92. The van der Waals surface area contributed by atoms with Crippen LogP contribution in [0.5, 0.6) is 0 Å². The van der Waals surface area contributed by atoms with Crippen molar-refractivity contribution in [1.82, 2.24) is 24.9 Å². The number of hydrogen-bond donors (Lipinski definition) is 1. The molecule has 0 aliphatic heterocycles. The Hall–Kier alpha value is -2.12. The van der Waals surface area contributed by atoms with Crippen LogP contribution < -0.4 is 5.32 Å². The van der Waals surface area contributed by atoms with Gasteiger partial charge in [0.2, 0.25) is 5.92 Å². The van der Waals surface area contributed by atoms with Gasteiger partial charge in [-0.1, -0.05) is 0 Å². The van der Waals surface area contributed by atoms with Crippen LogP contribution in [0.2, 0.25) is 0 Å². The second-order valence-corrected chi connectivity index (χ2v) is 4.91. The molecule has 1 saturated carbocycles. The molecule has 106 valence electrons. The molecule has 0 unspecified atom stereocenters. The zero-order valence-corrected chi connectivity index (χ0v) is 10.6. The van der Waals surface area contributed by atoms with E-state index in [0.717, 1.165) is 0 Å². The monoisotopic (exact) mass is 281 g/mol. The summed E-state index contributed by atoms with van der Waals surface area (Å²) in [5.74, 6) is -2.62. The van der Waals surface area contributed by atoms with Gasteiger partial charge in [-0.3, -0.25) is 4.79 Å². The van der Waals surface area contributed by atoms with E-state index >= 15 is 0 Å². The van der Waals surface area contributed by atoms with Crippen molar-refractivity contribution in [3.8, 4) is 0 Å². The summed E-state index contributed by atoms with van der Waals surface area (Å²) >= 11 is 0. The minimum Gasteiger partial charge on any atom is -0.348 e. The highest BCUT2D eigenvalue weighted by Gasteiger charge is 2.35. The third-order valence-electron chi connectivity index (χ3n) is 3.47. The number of alkyl halides is 2. The van der Waals surface area contributed by atoms with Crippen LogP contribution in [0.3, 0.4) is 0 Å². The van der Waals surface area contributed by atoms with E-state index in [4.69, 9.17) is 0 Å². The Kier molecular flexibility index (Phi) is 3.07. The first kappa shape index (κ1) is 12.9. The van der Waals surface area contributed by atoms with Gasteiger partial charge in [0.05, 0.1) is 0 Å². The first-order chi connectivity index (χ1) is 9.55. The zero-order valence-electron chi connectivity index (χ0n) is 10.6. The van der Waals surface area contributed by atoms with Crippen LogP contribution >= 0.6 is 0 Å². The van der Waals surface area contributed by atoms with Crippen molar-refractivity contribution < 1.29 is 13.6 Å². The number of fused-ring (bicyclic) bond motifs is 1. The fourth-order valence-corrected chi connectivity index (χ4v) is 2.35. The molecule has 0 radical (unpaired) electrons. The van der Waals surface area contributed by atoms with E-state index in [0.29, 0.717) is 11.5 Å². The second kappa shape index (κ2) is 4.77. The lowest BCUT2D eigenvalue weighted by molar-refractivity contribution is -0.0399. The number of nitrogens with zero attached hydrogens (tertiary/aromatic N) is 4. The number of nitrogens with one attached hydrogen (secondary N) is 1. The predicted octanol–water partition coefficient (Wildman–Crippen LogP) is 1.43. The summed E-state index contributed by atoms with van der Waals surface area (Å²) in [6.07, 6.45) is 2.96.